The Kier molecular flexibility index (Phi) is 4.85. The van der Waals surface area contributed by atoms with Gasteiger partial charge in [0.2, 0.25) is 5.91 Å². The van der Waals surface area contributed by atoms with Gasteiger partial charge in [0, 0.05) is 6.54 Å². The Morgan fingerprint density at radius 3 is 2.67 bits per heavy atom. The second-order valence-corrected chi connectivity index (χ2v) is 4.89. The van der Waals surface area contributed by atoms with Crippen LogP contribution in [0.1, 0.15) is 6.42 Å². The van der Waals surface area contributed by atoms with Crippen LogP contribution in [0.3, 0.4) is 0 Å². The molecule has 114 valence electrons. The van der Waals surface area contributed by atoms with Gasteiger partial charge in [0.05, 0.1) is 19.6 Å². The quantitative estimate of drug-likeness (QED) is 0.854. The van der Waals surface area contributed by atoms with Crippen molar-refractivity contribution in [1.82, 2.24) is 4.90 Å². The first-order chi connectivity index (χ1) is 10.0. The van der Waals surface area contributed by atoms with E-state index < -0.39 is 23.2 Å². The van der Waals surface area contributed by atoms with Crippen LogP contribution in [0.4, 0.5) is 14.5 Å². The van der Waals surface area contributed by atoms with E-state index in [9.17, 15) is 18.4 Å². The lowest BCUT2D eigenvalue weighted by Gasteiger charge is -2.15. The smallest absolute Gasteiger partial charge is 0.310 e. The van der Waals surface area contributed by atoms with E-state index >= 15 is 0 Å². The summed E-state index contributed by atoms with van der Waals surface area (Å²) in [5.74, 6) is -2.73. The summed E-state index contributed by atoms with van der Waals surface area (Å²) in [6.07, 6.45) is 0.605. The predicted molar refractivity (Wildman–Crippen MR) is 71.6 cm³/mol. The fraction of sp³-hybridized carbons (Fsp3) is 0.429. The highest BCUT2D eigenvalue weighted by atomic mass is 19.1. The molecule has 1 aliphatic rings. The Labute approximate surface area is 120 Å². The number of hydrogen-bond donors (Lipinski definition) is 1. The van der Waals surface area contributed by atoms with Crippen LogP contribution in [0.15, 0.2) is 18.2 Å². The zero-order valence-corrected chi connectivity index (χ0v) is 11.6. The molecule has 5 nitrogen and oxygen atoms in total. The summed E-state index contributed by atoms with van der Waals surface area (Å²) < 4.78 is 31.5. The molecule has 1 aliphatic heterocycles. The summed E-state index contributed by atoms with van der Waals surface area (Å²) in [5.41, 5.74) is -0.453. The number of ether oxygens (including phenoxy) is 1. The van der Waals surface area contributed by atoms with Crippen molar-refractivity contribution < 1.29 is 23.1 Å². The normalized spacial score (nSPS) is 18.5. The van der Waals surface area contributed by atoms with Gasteiger partial charge in [-0.15, -0.1) is 0 Å². The van der Waals surface area contributed by atoms with Gasteiger partial charge < -0.3 is 10.1 Å². The zero-order valence-electron chi connectivity index (χ0n) is 11.6. The second-order valence-electron chi connectivity index (χ2n) is 4.89. The van der Waals surface area contributed by atoms with Crippen LogP contribution >= 0.6 is 0 Å². The van der Waals surface area contributed by atoms with E-state index in [4.69, 9.17) is 0 Å². The molecule has 1 heterocycles. The number of esters is 1. The van der Waals surface area contributed by atoms with Gasteiger partial charge in [-0.2, -0.15) is 0 Å². The average molecular weight is 298 g/mol. The first-order valence-corrected chi connectivity index (χ1v) is 6.55. The highest BCUT2D eigenvalue weighted by molar-refractivity contribution is 5.92. The molecule has 2 rings (SSSR count). The third kappa shape index (κ3) is 3.75. The van der Waals surface area contributed by atoms with E-state index in [1.165, 1.54) is 13.2 Å². The molecule has 21 heavy (non-hydrogen) atoms. The number of amides is 1. The molecule has 1 atom stereocenters. The number of likely N-dealkylation sites (tertiary alicyclic amines) is 1. The molecule has 1 aromatic rings. The van der Waals surface area contributed by atoms with Crippen LogP contribution in [0, 0.1) is 17.6 Å². The monoisotopic (exact) mass is 298 g/mol. The Morgan fingerprint density at radius 1 is 1.38 bits per heavy atom. The first-order valence-electron chi connectivity index (χ1n) is 6.55. The summed E-state index contributed by atoms with van der Waals surface area (Å²) in [6.45, 7) is 0.939. The summed E-state index contributed by atoms with van der Waals surface area (Å²) in [6, 6.07) is 3.37. The summed E-state index contributed by atoms with van der Waals surface area (Å²) in [5, 5.41) is 2.22. The largest absolute Gasteiger partial charge is 0.469 e. The van der Waals surface area contributed by atoms with Crippen molar-refractivity contribution in [3.63, 3.8) is 0 Å². The minimum atomic E-state index is -0.822. The van der Waals surface area contributed by atoms with Crippen molar-refractivity contribution >= 4 is 17.6 Å². The SMILES string of the molecule is COC(=O)C1CCN(CC(=O)Nc2c(F)cccc2F)C1. The van der Waals surface area contributed by atoms with Crippen molar-refractivity contribution in [1.29, 1.82) is 0 Å². The van der Waals surface area contributed by atoms with Gasteiger partial charge >= 0.3 is 5.97 Å². The van der Waals surface area contributed by atoms with E-state index in [-0.39, 0.29) is 18.4 Å². The molecule has 1 saturated heterocycles. The fourth-order valence-corrected chi connectivity index (χ4v) is 2.33. The lowest BCUT2D eigenvalue weighted by atomic mass is 10.1. The third-order valence-corrected chi connectivity index (χ3v) is 3.40. The van der Waals surface area contributed by atoms with Gasteiger partial charge in [0.1, 0.15) is 17.3 Å². The van der Waals surface area contributed by atoms with Gasteiger partial charge in [-0.05, 0) is 25.1 Å². The zero-order chi connectivity index (χ0) is 15.4. The molecule has 1 amide bonds. The maximum atomic E-state index is 13.4. The van der Waals surface area contributed by atoms with Crippen molar-refractivity contribution in [2.75, 3.05) is 32.1 Å². The number of nitrogens with one attached hydrogen (secondary N) is 1. The number of carbonyl (C=O) groups excluding carboxylic acids is 2. The number of halogens is 2. The van der Waals surface area contributed by atoms with Crippen molar-refractivity contribution in [3.8, 4) is 0 Å². The Balaban J connectivity index is 1.90. The van der Waals surface area contributed by atoms with Crippen LogP contribution < -0.4 is 5.32 Å². The molecule has 0 radical (unpaired) electrons. The maximum Gasteiger partial charge on any atom is 0.310 e. The molecular formula is C14H16F2N2O3. The minimum Gasteiger partial charge on any atom is -0.469 e. The number of nitrogens with zero attached hydrogens (tertiary/aromatic N) is 1. The highest BCUT2D eigenvalue weighted by Gasteiger charge is 2.30. The van der Waals surface area contributed by atoms with E-state index in [1.807, 2.05) is 0 Å². The minimum absolute atomic E-state index is 0.0265. The summed E-state index contributed by atoms with van der Waals surface area (Å²) in [4.78, 5) is 24.9. The lowest BCUT2D eigenvalue weighted by molar-refractivity contribution is -0.145. The topological polar surface area (TPSA) is 58.6 Å². The van der Waals surface area contributed by atoms with E-state index in [1.54, 1.807) is 4.90 Å². The summed E-state index contributed by atoms with van der Waals surface area (Å²) >= 11 is 0. The fourth-order valence-electron chi connectivity index (χ4n) is 2.33. The average Bonchev–Trinajstić information content (AvgIpc) is 2.90. The molecule has 0 bridgehead atoms. The molecule has 1 N–H and O–H groups in total. The molecule has 0 aromatic heterocycles. The number of para-hydroxylation sites is 1. The van der Waals surface area contributed by atoms with E-state index in [2.05, 4.69) is 10.1 Å². The molecule has 1 unspecified atom stereocenters. The van der Waals surface area contributed by atoms with Gasteiger partial charge in [-0.25, -0.2) is 8.78 Å². The van der Waals surface area contributed by atoms with E-state index in [0.717, 1.165) is 12.1 Å². The van der Waals surface area contributed by atoms with Crippen LogP contribution in [0.25, 0.3) is 0 Å². The highest BCUT2D eigenvalue weighted by Crippen LogP contribution is 2.19. The van der Waals surface area contributed by atoms with Crippen LogP contribution in [0.2, 0.25) is 0 Å². The number of carbonyl (C=O) groups is 2. The summed E-state index contributed by atoms with van der Waals surface area (Å²) in [7, 11) is 1.32. The van der Waals surface area contributed by atoms with Crippen LogP contribution in [-0.4, -0.2) is 43.5 Å². The number of methoxy groups -OCH3 is 1. The Morgan fingerprint density at radius 2 is 2.05 bits per heavy atom. The number of anilines is 1. The number of rotatable bonds is 4. The number of benzene rings is 1. The van der Waals surface area contributed by atoms with Crippen LogP contribution in [-0.2, 0) is 14.3 Å². The van der Waals surface area contributed by atoms with Crippen LogP contribution in [0.5, 0.6) is 0 Å². The number of hydrogen-bond acceptors (Lipinski definition) is 4. The lowest BCUT2D eigenvalue weighted by Crippen LogP contribution is -2.33. The predicted octanol–water partition coefficient (Wildman–Crippen LogP) is 1.40. The molecule has 0 saturated carbocycles. The Hall–Kier alpha value is -2.02. The first kappa shape index (κ1) is 15.4. The Bertz CT molecular complexity index is 531. The molecule has 1 aromatic carbocycles. The molecule has 1 fully saturated rings. The van der Waals surface area contributed by atoms with Crippen molar-refractivity contribution in [2.45, 2.75) is 6.42 Å². The molecule has 7 heteroatoms. The maximum absolute atomic E-state index is 13.4. The third-order valence-electron chi connectivity index (χ3n) is 3.40. The van der Waals surface area contributed by atoms with Gasteiger partial charge in [-0.3, -0.25) is 14.5 Å². The van der Waals surface area contributed by atoms with Crippen molar-refractivity contribution in [2.24, 2.45) is 5.92 Å². The van der Waals surface area contributed by atoms with E-state index in [0.29, 0.717) is 19.5 Å². The van der Waals surface area contributed by atoms with Gasteiger partial charge in [-0.1, -0.05) is 6.07 Å². The van der Waals surface area contributed by atoms with Gasteiger partial charge in [0.25, 0.3) is 0 Å². The molecule has 0 spiro atoms. The second kappa shape index (κ2) is 6.62. The standard InChI is InChI=1S/C14H16F2N2O3/c1-21-14(20)9-5-6-18(7-9)8-12(19)17-13-10(15)3-2-4-11(13)16/h2-4,9H,5-8H2,1H3,(H,17,19). The molecular weight excluding hydrogens is 282 g/mol. The molecule has 0 aliphatic carbocycles. The van der Waals surface area contributed by atoms with Crippen molar-refractivity contribution in [3.05, 3.63) is 29.8 Å². The van der Waals surface area contributed by atoms with Gasteiger partial charge in [0.15, 0.2) is 0 Å².